The molecule has 0 atom stereocenters. The molecule has 0 amide bonds. The molecule has 2 aromatic rings. The van der Waals surface area contributed by atoms with Crippen molar-refractivity contribution in [2.75, 3.05) is 24.5 Å². The highest BCUT2D eigenvalue weighted by Crippen LogP contribution is 2.21. The smallest absolute Gasteiger partial charge is 0.240 e. The molecule has 25 heavy (non-hydrogen) atoms. The third-order valence-electron chi connectivity index (χ3n) is 4.20. The van der Waals surface area contributed by atoms with Gasteiger partial charge in [-0.2, -0.15) is 0 Å². The van der Waals surface area contributed by atoms with E-state index in [9.17, 15) is 17.2 Å². The first kappa shape index (κ1) is 17.7. The van der Waals surface area contributed by atoms with Crippen molar-refractivity contribution in [3.8, 4) is 0 Å². The van der Waals surface area contributed by atoms with Gasteiger partial charge in [0, 0.05) is 38.1 Å². The van der Waals surface area contributed by atoms with Crippen molar-refractivity contribution in [2.24, 2.45) is 5.92 Å². The number of benzene rings is 1. The highest BCUT2D eigenvalue weighted by Gasteiger charge is 2.23. The van der Waals surface area contributed by atoms with Gasteiger partial charge in [0.1, 0.15) is 17.5 Å². The number of rotatable bonds is 5. The van der Waals surface area contributed by atoms with Gasteiger partial charge in [-0.05, 0) is 30.9 Å². The van der Waals surface area contributed by atoms with E-state index in [2.05, 4.69) is 19.6 Å². The molecule has 0 spiro atoms. The van der Waals surface area contributed by atoms with Crippen LogP contribution in [0.1, 0.15) is 12.8 Å². The first-order valence-electron chi connectivity index (χ1n) is 7.91. The quantitative estimate of drug-likeness (QED) is 0.873. The minimum absolute atomic E-state index is 0.154. The zero-order valence-electron chi connectivity index (χ0n) is 13.4. The van der Waals surface area contributed by atoms with Crippen LogP contribution in [0.2, 0.25) is 0 Å². The molecule has 0 unspecified atom stereocenters. The third kappa shape index (κ3) is 4.49. The molecule has 0 aliphatic carbocycles. The van der Waals surface area contributed by atoms with Gasteiger partial charge in [0.2, 0.25) is 10.0 Å². The minimum Gasteiger partial charge on any atom is -0.355 e. The monoisotopic (exact) mass is 368 g/mol. The Labute approximate surface area is 145 Å². The number of hydrogen-bond donors (Lipinski definition) is 1. The Bertz CT molecular complexity index is 805. The predicted molar refractivity (Wildman–Crippen MR) is 88.5 cm³/mol. The summed E-state index contributed by atoms with van der Waals surface area (Å²) in [5, 5.41) is 0. The van der Waals surface area contributed by atoms with Crippen molar-refractivity contribution < 1.29 is 17.2 Å². The second-order valence-electron chi connectivity index (χ2n) is 5.95. The van der Waals surface area contributed by atoms with E-state index in [4.69, 9.17) is 0 Å². The number of aromatic nitrogens is 2. The molecule has 0 bridgehead atoms. The summed E-state index contributed by atoms with van der Waals surface area (Å²) in [5.41, 5.74) is 0. The largest absolute Gasteiger partial charge is 0.355 e. The Morgan fingerprint density at radius 1 is 1.12 bits per heavy atom. The predicted octanol–water partition coefficient (Wildman–Crippen LogP) is 1.95. The van der Waals surface area contributed by atoms with Crippen LogP contribution in [0, 0.1) is 17.6 Å². The second kappa shape index (κ2) is 7.40. The van der Waals surface area contributed by atoms with Crippen molar-refractivity contribution >= 4 is 15.8 Å². The zero-order valence-corrected chi connectivity index (χ0v) is 14.2. The third-order valence-corrected chi connectivity index (χ3v) is 5.60. The molecule has 1 aliphatic rings. The van der Waals surface area contributed by atoms with Gasteiger partial charge in [-0.1, -0.05) is 0 Å². The Balaban J connectivity index is 1.56. The number of hydrogen-bond acceptors (Lipinski definition) is 5. The summed E-state index contributed by atoms with van der Waals surface area (Å²) < 4.78 is 53.2. The minimum atomic E-state index is -3.94. The van der Waals surface area contributed by atoms with Gasteiger partial charge in [-0.3, -0.25) is 4.98 Å². The van der Waals surface area contributed by atoms with Crippen molar-refractivity contribution in [1.29, 1.82) is 0 Å². The second-order valence-corrected chi connectivity index (χ2v) is 7.72. The van der Waals surface area contributed by atoms with Crippen LogP contribution in [-0.2, 0) is 10.0 Å². The van der Waals surface area contributed by atoms with Crippen LogP contribution in [0.5, 0.6) is 0 Å². The number of nitrogens with one attached hydrogen (secondary N) is 1. The molecule has 9 heteroatoms. The van der Waals surface area contributed by atoms with E-state index in [1.165, 1.54) is 0 Å². The fourth-order valence-electron chi connectivity index (χ4n) is 2.82. The maximum Gasteiger partial charge on any atom is 0.240 e. The van der Waals surface area contributed by atoms with E-state index < -0.39 is 26.6 Å². The summed E-state index contributed by atoms with van der Waals surface area (Å²) >= 11 is 0. The van der Waals surface area contributed by atoms with Crippen LogP contribution in [0.3, 0.4) is 0 Å². The summed E-state index contributed by atoms with van der Waals surface area (Å²) in [5.74, 6) is -0.881. The molecule has 3 rings (SSSR count). The maximum absolute atomic E-state index is 13.2. The number of nitrogens with zero attached hydrogens (tertiary/aromatic N) is 3. The Hall–Kier alpha value is -2.13. The van der Waals surface area contributed by atoms with E-state index in [1.54, 1.807) is 18.6 Å². The van der Waals surface area contributed by atoms with E-state index in [0.29, 0.717) is 6.07 Å². The lowest BCUT2D eigenvalue weighted by Gasteiger charge is -2.32. The Morgan fingerprint density at radius 3 is 2.40 bits per heavy atom. The number of sulfonamides is 1. The molecular formula is C16H18F2N4O2S. The van der Waals surface area contributed by atoms with Gasteiger partial charge in [0.05, 0.1) is 11.1 Å². The molecule has 1 saturated heterocycles. The summed E-state index contributed by atoms with van der Waals surface area (Å²) in [7, 11) is -3.94. The summed E-state index contributed by atoms with van der Waals surface area (Å²) in [6.07, 6.45) is 6.52. The molecule has 0 radical (unpaired) electrons. The number of anilines is 1. The van der Waals surface area contributed by atoms with Crippen LogP contribution >= 0.6 is 0 Å². The van der Waals surface area contributed by atoms with Crippen LogP contribution in [-0.4, -0.2) is 38.0 Å². The maximum atomic E-state index is 13.2. The molecular weight excluding hydrogens is 350 g/mol. The average Bonchev–Trinajstić information content (AvgIpc) is 2.60. The van der Waals surface area contributed by atoms with Gasteiger partial charge in [-0.25, -0.2) is 26.9 Å². The molecule has 1 fully saturated rings. The van der Waals surface area contributed by atoms with Crippen LogP contribution < -0.4 is 9.62 Å². The van der Waals surface area contributed by atoms with Crippen molar-refractivity contribution in [3.05, 3.63) is 48.4 Å². The van der Waals surface area contributed by atoms with E-state index >= 15 is 0 Å². The zero-order chi connectivity index (χ0) is 17.9. The molecule has 1 aromatic carbocycles. The lowest BCUT2D eigenvalue weighted by Crippen LogP contribution is -2.39. The fourth-order valence-corrected chi connectivity index (χ4v) is 3.97. The lowest BCUT2D eigenvalue weighted by atomic mass is 9.97. The SMILES string of the molecule is O=S(=O)(NCC1CCN(c2cnccn2)CC1)c1cc(F)cc(F)c1. The van der Waals surface area contributed by atoms with Crippen LogP contribution in [0.15, 0.2) is 41.7 Å². The standard InChI is InChI=1S/C16H18F2N4O2S/c17-13-7-14(18)9-15(8-13)25(23,24)21-10-12-1-5-22(6-2-12)16-11-19-3-4-20-16/h3-4,7-9,11-12,21H,1-2,5-6,10H2. The Kier molecular flexibility index (Phi) is 5.24. The summed E-state index contributed by atoms with van der Waals surface area (Å²) in [6, 6.07) is 2.26. The van der Waals surface area contributed by atoms with Gasteiger partial charge in [0.15, 0.2) is 0 Å². The normalized spacial score (nSPS) is 16.2. The molecule has 1 aromatic heterocycles. The van der Waals surface area contributed by atoms with E-state index in [1.807, 2.05) is 0 Å². The summed E-state index contributed by atoms with van der Waals surface area (Å²) in [4.78, 5) is 9.98. The topological polar surface area (TPSA) is 75.2 Å². The van der Waals surface area contributed by atoms with Gasteiger partial charge in [0.25, 0.3) is 0 Å². The fraction of sp³-hybridized carbons (Fsp3) is 0.375. The molecule has 2 heterocycles. The Morgan fingerprint density at radius 2 is 1.80 bits per heavy atom. The number of piperidine rings is 1. The lowest BCUT2D eigenvalue weighted by molar-refractivity contribution is 0.400. The van der Waals surface area contributed by atoms with Crippen molar-refractivity contribution in [2.45, 2.75) is 17.7 Å². The summed E-state index contributed by atoms with van der Waals surface area (Å²) in [6.45, 7) is 1.73. The molecule has 134 valence electrons. The highest BCUT2D eigenvalue weighted by atomic mass is 32.2. The van der Waals surface area contributed by atoms with E-state index in [0.717, 1.165) is 43.9 Å². The molecule has 6 nitrogen and oxygen atoms in total. The van der Waals surface area contributed by atoms with Crippen LogP contribution in [0.4, 0.5) is 14.6 Å². The first-order valence-corrected chi connectivity index (χ1v) is 9.39. The highest BCUT2D eigenvalue weighted by molar-refractivity contribution is 7.89. The van der Waals surface area contributed by atoms with Gasteiger partial charge < -0.3 is 4.90 Å². The van der Waals surface area contributed by atoms with Gasteiger partial charge >= 0.3 is 0 Å². The molecule has 1 aliphatic heterocycles. The van der Waals surface area contributed by atoms with E-state index in [-0.39, 0.29) is 12.5 Å². The molecule has 0 saturated carbocycles. The number of halogens is 2. The van der Waals surface area contributed by atoms with Crippen molar-refractivity contribution in [3.63, 3.8) is 0 Å². The average molecular weight is 368 g/mol. The van der Waals surface area contributed by atoms with Crippen LogP contribution in [0.25, 0.3) is 0 Å². The van der Waals surface area contributed by atoms with Crippen molar-refractivity contribution in [1.82, 2.24) is 14.7 Å². The van der Waals surface area contributed by atoms with Gasteiger partial charge in [-0.15, -0.1) is 0 Å². The molecule has 1 N–H and O–H groups in total. The first-order chi connectivity index (χ1) is 11.9.